The summed E-state index contributed by atoms with van der Waals surface area (Å²) in [5.74, 6) is 2.73. The lowest BCUT2D eigenvalue weighted by atomic mass is 9.93. The second kappa shape index (κ2) is 8.30. The van der Waals surface area contributed by atoms with Crippen molar-refractivity contribution in [3.63, 3.8) is 0 Å². The van der Waals surface area contributed by atoms with Gasteiger partial charge in [-0.25, -0.2) is 0 Å². The van der Waals surface area contributed by atoms with Crippen LogP contribution in [0.3, 0.4) is 0 Å². The van der Waals surface area contributed by atoms with Gasteiger partial charge in [0.1, 0.15) is 0 Å². The molecule has 3 nitrogen and oxygen atoms in total. The molecule has 0 spiro atoms. The van der Waals surface area contributed by atoms with Crippen LogP contribution in [0, 0.1) is 17.8 Å². The van der Waals surface area contributed by atoms with Crippen molar-refractivity contribution in [3.8, 4) is 0 Å². The van der Waals surface area contributed by atoms with E-state index in [2.05, 4.69) is 55.0 Å². The van der Waals surface area contributed by atoms with Gasteiger partial charge in [0.05, 0.1) is 0 Å². The SMILES string of the molecule is CN(C)CCCN(CCCN(C)C)C[C@H]1C[C@@H]2C=C[C@H]1C2. The molecule has 0 saturated heterocycles. The van der Waals surface area contributed by atoms with Gasteiger partial charge in [-0.05, 0) is 97.8 Å². The topological polar surface area (TPSA) is 9.72 Å². The van der Waals surface area contributed by atoms with Gasteiger partial charge in [0, 0.05) is 6.54 Å². The third-order valence-electron chi connectivity index (χ3n) is 5.07. The number of hydrogen-bond acceptors (Lipinski definition) is 3. The highest BCUT2D eigenvalue weighted by molar-refractivity contribution is 5.10. The summed E-state index contributed by atoms with van der Waals surface area (Å²) in [6.07, 6.45) is 10.4. The number of nitrogens with zero attached hydrogens (tertiary/aromatic N) is 3. The molecule has 2 bridgehead atoms. The van der Waals surface area contributed by atoms with E-state index in [0.717, 1.165) is 17.8 Å². The number of fused-ring (bicyclic) bond motifs is 2. The molecule has 0 aliphatic heterocycles. The first-order valence-electron chi connectivity index (χ1n) is 8.74. The lowest BCUT2D eigenvalue weighted by molar-refractivity contribution is 0.196. The zero-order valence-corrected chi connectivity index (χ0v) is 14.6. The molecule has 1 fully saturated rings. The Morgan fingerprint density at radius 1 is 0.810 bits per heavy atom. The van der Waals surface area contributed by atoms with Crippen LogP contribution in [0.2, 0.25) is 0 Å². The van der Waals surface area contributed by atoms with Crippen LogP contribution in [-0.4, -0.2) is 75.6 Å². The summed E-state index contributed by atoms with van der Waals surface area (Å²) in [4.78, 5) is 7.35. The third-order valence-corrected chi connectivity index (χ3v) is 5.07. The average molecular weight is 293 g/mol. The van der Waals surface area contributed by atoms with Gasteiger partial charge in [-0.2, -0.15) is 0 Å². The molecule has 2 aliphatic rings. The summed E-state index contributed by atoms with van der Waals surface area (Å²) in [6.45, 7) is 6.28. The summed E-state index contributed by atoms with van der Waals surface area (Å²) < 4.78 is 0. The minimum absolute atomic E-state index is 0.889. The van der Waals surface area contributed by atoms with Crippen LogP contribution in [0.25, 0.3) is 0 Å². The van der Waals surface area contributed by atoms with Crippen molar-refractivity contribution < 1.29 is 0 Å². The molecule has 21 heavy (non-hydrogen) atoms. The molecule has 2 rings (SSSR count). The molecule has 0 aromatic rings. The van der Waals surface area contributed by atoms with E-state index in [1.807, 2.05) is 0 Å². The average Bonchev–Trinajstić information content (AvgIpc) is 2.99. The van der Waals surface area contributed by atoms with Crippen LogP contribution < -0.4 is 0 Å². The molecule has 0 aromatic heterocycles. The van der Waals surface area contributed by atoms with Crippen LogP contribution in [0.5, 0.6) is 0 Å². The fourth-order valence-corrected chi connectivity index (χ4v) is 3.95. The van der Waals surface area contributed by atoms with E-state index in [0.29, 0.717) is 0 Å². The zero-order valence-electron chi connectivity index (χ0n) is 14.6. The standard InChI is InChI=1S/C18H35N3/c1-19(2)9-5-11-21(12-6-10-20(3)4)15-18-14-16-7-8-17(18)13-16/h7-8,16-18H,5-6,9-15H2,1-4H3/t16-,17+,18-/m1/s1. The highest BCUT2D eigenvalue weighted by atomic mass is 15.1. The van der Waals surface area contributed by atoms with E-state index in [1.54, 1.807) is 0 Å². The Hall–Kier alpha value is -0.380. The zero-order chi connectivity index (χ0) is 15.2. The van der Waals surface area contributed by atoms with E-state index in [-0.39, 0.29) is 0 Å². The maximum Gasteiger partial charge on any atom is 0.00155 e. The van der Waals surface area contributed by atoms with E-state index in [9.17, 15) is 0 Å². The Labute approximate surface area is 132 Å². The van der Waals surface area contributed by atoms with Crippen molar-refractivity contribution in [3.05, 3.63) is 12.2 Å². The smallest absolute Gasteiger partial charge is 0.00155 e. The van der Waals surface area contributed by atoms with Gasteiger partial charge in [-0.1, -0.05) is 12.2 Å². The minimum atomic E-state index is 0.889. The Balaban J connectivity index is 1.75. The van der Waals surface area contributed by atoms with E-state index >= 15 is 0 Å². The number of rotatable bonds is 10. The predicted molar refractivity (Wildman–Crippen MR) is 91.6 cm³/mol. The molecule has 0 N–H and O–H groups in total. The van der Waals surface area contributed by atoms with E-state index in [1.165, 1.54) is 58.4 Å². The minimum Gasteiger partial charge on any atom is -0.309 e. The summed E-state index contributed by atoms with van der Waals surface area (Å²) >= 11 is 0. The molecule has 0 amide bonds. The second-order valence-corrected chi connectivity index (χ2v) is 7.65. The fraction of sp³-hybridized carbons (Fsp3) is 0.889. The number of allylic oxidation sites excluding steroid dienone is 2. The monoisotopic (exact) mass is 293 g/mol. The summed E-state index contributed by atoms with van der Waals surface area (Å²) in [6, 6.07) is 0. The number of hydrogen-bond donors (Lipinski definition) is 0. The van der Waals surface area contributed by atoms with Gasteiger partial charge < -0.3 is 14.7 Å². The lowest BCUT2D eigenvalue weighted by Crippen LogP contribution is -2.35. The molecule has 2 aliphatic carbocycles. The Kier molecular flexibility index (Phi) is 6.72. The van der Waals surface area contributed by atoms with Crippen molar-refractivity contribution in [2.75, 3.05) is 60.9 Å². The van der Waals surface area contributed by atoms with Crippen molar-refractivity contribution in [1.29, 1.82) is 0 Å². The molecule has 1 saturated carbocycles. The van der Waals surface area contributed by atoms with Gasteiger partial charge in [0.2, 0.25) is 0 Å². The highest BCUT2D eigenvalue weighted by Gasteiger charge is 2.36. The first-order chi connectivity index (χ1) is 10.0. The van der Waals surface area contributed by atoms with Crippen molar-refractivity contribution in [2.45, 2.75) is 25.7 Å². The Morgan fingerprint density at radius 2 is 1.43 bits per heavy atom. The van der Waals surface area contributed by atoms with Gasteiger partial charge in [0.25, 0.3) is 0 Å². The van der Waals surface area contributed by atoms with E-state index < -0.39 is 0 Å². The summed E-state index contributed by atoms with van der Waals surface area (Å²) in [7, 11) is 8.71. The first kappa shape index (κ1) is 17.0. The Morgan fingerprint density at radius 3 is 1.86 bits per heavy atom. The van der Waals surface area contributed by atoms with Gasteiger partial charge >= 0.3 is 0 Å². The van der Waals surface area contributed by atoms with Crippen LogP contribution in [0.4, 0.5) is 0 Å². The maximum atomic E-state index is 2.74. The second-order valence-electron chi connectivity index (χ2n) is 7.65. The normalized spacial score (nSPS) is 27.7. The van der Waals surface area contributed by atoms with Crippen LogP contribution in [0.1, 0.15) is 25.7 Å². The van der Waals surface area contributed by atoms with Gasteiger partial charge in [0.15, 0.2) is 0 Å². The van der Waals surface area contributed by atoms with Crippen molar-refractivity contribution >= 4 is 0 Å². The summed E-state index contributed by atoms with van der Waals surface area (Å²) in [5.41, 5.74) is 0. The van der Waals surface area contributed by atoms with Gasteiger partial charge in [-0.15, -0.1) is 0 Å². The van der Waals surface area contributed by atoms with Gasteiger partial charge in [-0.3, -0.25) is 0 Å². The summed E-state index contributed by atoms with van der Waals surface area (Å²) in [5, 5.41) is 0. The Bertz CT molecular complexity index is 310. The van der Waals surface area contributed by atoms with Crippen molar-refractivity contribution in [2.24, 2.45) is 17.8 Å². The quantitative estimate of drug-likeness (QED) is 0.573. The molecule has 0 unspecified atom stereocenters. The molecule has 0 radical (unpaired) electrons. The van der Waals surface area contributed by atoms with Crippen LogP contribution >= 0.6 is 0 Å². The highest BCUT2D eigenvalue weighted by Crippen LogP contribution is 2.43. The molecular weight excluding hydrogens is 258 g/mol. The van der Waals surface area contributed by atoms with Crippen LogP contribution in [0.15, 0.2) is 12.2 Å². The molecule has 0 heterocycles. The maximum absolute atomic E-state index is 2.74. The molecular formula is C18H35N3. The predicted octanol–water partition coefficient (Wildman–Crippen LogP) is 2.40. The van der Waals surface area contributed by atoms with Crippen molar-refractivity contribution in [1.82, 2.24) is 14.7 Å². The molecule has 3 atom stereocenters. The van der Waals surface area contributed by atoms with E-state index in [4.69, 9.17) is 0 Å². The lowest BCUT2D eigenvalue weighted by Gasteiger charge is -2.29. The molecule has 0 aromatic carbocycles. The molecule has 3 heteroatoms. The first-order valence-corrected chi connectivity index (χ1v) is 8.74. The largest absolute Gasteiger partial charge is 0.309 e. The van der Waals surface area contributed by atoms with Crippen LogP contribution in [-0.2, 0) is 0 Å². The molecule has 122 valence electrons. The third kappa shape index (κ3) is 5.72. The fourth-order valence-electron chi connectivity index (χ4n) is 3.95.